The number of rotatable bonds is 5. The van der Waals surface area contributed by atoms with E-state index in [0.29, 0.717) is 25.3 Å². The SMILES string of the molecule is CC[C@]1(C)C[C@@](CCN2C(=O)CCC2=O)(C(C)C)CCO1. The maximum atomic E-state index is 11.8. The van der Waals surface area contributed by atoms with Crippen LogP contribution in [0.5, 0.6) is 0 Å². The van der Waals surface area contributed by atoms with Crippen molar-refractivity contribution in [2.45, 2.75) is 71.8 Å². The molecule has 120 valence electrons. The van der Waals surface area contributed by atoms with Crippen LogP contribution < -0.4 is 0 Å². The van der Waals surface area contributed by atoms with Gasteiger partial charge in [-0.15, -0.1) is 0 Å². The first kappa shape index (κ1) is 16.5. The maximum absolute atomic E-state index is 11.8. The molecule has 0 saturated carbocycles. The Bertz CT molecular complexity index is 404. The summed E-state index contributed by atoms with van der Waals surface area (Å²) >= 11 is 0. The van der Waals surface area contributed by atoms with E-state index in [1.807, 2.05) is 0 Å². The van der Waals surface area contributed by atoms with Gasteiger partial charge in [0.2, 0.25) is 11.8 Å². The second-order valence-electron chi connectivity index (χ2n) is 7.28. The zero-order valence-electron chi connectivity index (χ0n) is 13.9. The highest BCUT2D eigenvalue weighted by Gasteiger charge is 2.44. The van der Waals surface area contributed by atoms with E-state index < -0.39 is 0 Å². The molecule has 0 N–H and O–H groups in total. The average molecular weight is 295 g/mol. The third-order valence-electron chi connectivity index (χ3n) is 5.74. The molecule has 2 aliphatic heterocycles. The van der Waals surface area contributed by atoms with Crippen LogP contribution in [0, 0.1) is 11.3 Å². The molecule has 2 saturated heterocycles. The van der Waals surface area contributed by atoms with Crippen molar-refractivity contribution in [3.63, 3.8) is 0 Å². The van der Waals surface area contributed by atoms with Crippen molar-refractivity contribution < 1.29 is 14.3 Å². The number of likely N-dealkylation sites (tertiary alicyclic amines) is 1. The number of amides is 2. The van der Waals surface area contributed by atoms with Crippen molar-refractivity contribution in [2.75, 3.05) is 13.2 Å². The van der Waals surface area contributed by atoms with Gasteiger partial charge in [-0.25, -0.2) is 0 Å². The van der Waals surface area contributed by atoms with E-state index in [2.05, 4.69) is 27.7 Å². The summed E-state index contributed by atoms with van der Waals surface area (Å²) in [6.45, 7) is 10.2. The van der Waals surface area contributed by atoms with Crippen molar-refractivity contribution in [1.29, 1.82) is 0 Å². The Balaban J connectivity index is 2.08. The van der Waals surface area contributed by atoms with Gasteiger partial charge in [0, 0.05) is 26.0 Å². The van der Waals surface area contributed by atoms with Crippen LogP contribution in [0.1, 0.15) is 66.2 Å². The molecule has 2 amide bonds. The fourth-order valence-electron chi connectivity index (χ4n) is 3.81. The van der Waals surface area contributed by atoms with Gasteiger partial charge in [-0.1, -0.05) is 20.8 Å². The average Bonchev–Trinajstić information content (AvgIpc) is 2.76. The van der Waals surface area contributed by atoms with Gasteiger partial charge in [-0.2, -0.15) is 0 Å². The molecule has 21 heavy (non-hydrogen) atoms. The first-order valence-corrected chi connectivity index (χ1v) is 8.29. The molecule has 0 radical (unpaired) electrons. The van der Waals surface area contributed by atoms with Gasteiger partial charge < -0.3 is 4.74 Å². The maximum Gasteiger partial charge on any atom is 0.229 e. The molecule has 2 fully saturated rings. The molecule has 0 aromatic heterocycles. The highest BCUT2D eigenvalue weighted by atomic mass is 16.5. The second-order valence-corrected chi connectivity index (χ2v) is 7.28. The monoisotopic (exact) mass is 295 g/mol. The number of carbonyl (C=O) groups is 2. The predicted molar refractivity (Wildman–Crippen MR) is 81.7 cm³/mol. The van der Waals surface area contributed by atoms with Gasteiger partial charge in [0.25, 0.3) is 0 Å². The first-order chi connectivity index (χ1) is 9.82. The molecule has 0 aromatic carbocycles. The summed E-state index contributed by atoms with van der Waals surface area (Å²) in [5.74, 6) is 0.536. The summed E-state index contributed by atoms with van der Waals surface area (Å²) in [7, 11) is 0. The molecular weight excluding hydrogens is 266 g/mol. The van der Waals surface area contributed by atoms with E-state index in [4.69, 9.17) is 4.74 Å². The highest BCUT2D eigenvalue weighted by Crippen LogP contribution is 2.48. The van der Waals surface area contributed by atoms with E-state index in [-0.39, 0.29) is 22.8 Å². The molecule has 0 aliphatic carbocycles. The Morgan fingerprint density at radius 2 is 1.86 bits per heavy atom. The quantitative estimate of drug-likeness (QED) is 0.732. The van der Waals surface area contributed by atoms with Crippen LogP contribution in [0.25, 0.3) is 0 Å². The Kier molecular flexibility index (Phi) is 4.76. The normalized spacial score (nSPS) is 34.0. The smallest absolute Gasteiger partial charge is 0.229 e. The lowest BCUT2D eigenvalue weighted by atomic mass is 9.64. The molecule has 2 heterocycles. The van der Waals surface area contributed by atoms with E-state index in [9.17, 15) is 9.59 Å². The Morgan fingerprint density at radius 3 is 2.38 bits per heavy atom. The standard InChI is InChI=1S/C17H29NO3/c1-5-16(4)12-17(13(2)3,9-11-21-16)8-10-18-14(19)6-7-15(18)20/h13H,5-12H2,1-4H3/t16-,17+/m1/s1. The van der Waals surface area contributed by atoms with Crippen LogP contribution in [-0.4, -0.2) is 35.5 Å². The third kappa shape index (κ3) is 3.31. The van der Waals surface area contributed by atoms with Gasteiger partial charge in [0.1, 0.15) is 0 Å². The molecule has 0 spiro atoms. The number of ether oxygens (including phenoxy) is 1. The van der Waals surface area contributed by atoms with Crippen LogP contribution in [0.2, 0.25) is 0 Å². The zero-order chi connectivity index (χ0) is 15.7. The lowest BCUT2D eigenvalue weighted by Gasteiger charge is -2.49. The number of nitrogens with zero attached hydrogens (tertiary/aromatic N) is 1. The van der Waals surface area contributed by atoms with Crippen molar-refractivity contribution in [1.82, 2.24) is 4.90 Å². The van der Waals surface area contributed by atoms with Gasteiger partial charge >= 0.3 is 0 Å². The van der Waals surface area contributed by atoms with Crippen molar-refractivity contribution >= 4 is 11.8 Å². The lowest BCUT2D eigenvalue weighted by molar-refractivity contribution is -0.144. The molecule has 0 bridgehead atoms. The molecular formula is C17H29NO3. The fourth-order valence-corrected chi connectivity index (χ4v) is 3.81. The van der Waals surface area contributed by atoms with E-state index >= 15 is 0 Å². The Labute approximate surface area is 128 Å². The van der Waals surface area contributed by atoms with Gasteiger partial charge in [-0.3, -0.25) is 14.5 Å². The summed E-state index contributed by atoms with van der Waals surface area (Å²) in [5, 5.41) is 0. The van der Waals surface area contributed by atoms with Crippen molar-refractivity contribution in [3.8, 4) is 0 Å². The Hall–Kier alpha value is -0.900. The minimum Gasteiger partial charge on any atom is -0.375 e. The largest absolute Gasteiger partial charge is 0.375 e. The second kappa shape index (κ2) is 6.07. The molecule has 0 aromatic rings. The molecule has 2 aliphatic rings. The number of imide groups is 1. The lowest BCUT2D eigenvalue weighted by Crippen LogP contribution is -2.47. The van der Waals surface area contributed by atoms with Crippen LogP contribution >= 0.6 is 0 Å². The van der Waals surface area contributed by atoms with Crippen LogP contribution in [0.3, 0.4) is 0 Å². The summed E-state index contributed by atoms with van der Waals surface area (Å²) in [4.78, 5) is 25.1. The van der Waals surface area contributed by atoms with E-state index in [1.165, 1.54) is 4.90 Å². The summed E-state index contributed by atoms with van der Waals surface area (Å²) in [6, 6.07) is 0. The fraction of sp³-hybridized carbons (Fsp3) is 0.882. The van der Waals surface area contributed by atoms with Crippen LogP contribution in [0.15, 0.2) is 0 Å². The molecule has 4 heteroatoms. The van der Waals surface area contributed by atoms with Gasteiger partial charge in [0.15, 0.2) is 0 Å². The third-order valence-corrected chi connectivity index (χ3v) is 5.74. The van der Waals surface area contributed by atoms with E-state index in [0.717, 1.165) is 32.3 Å². The summed E-state index contributed by atoms with van der Waals surface area (Å²) in [5.41, 5.74) is 0.105. The topological polar surface area (TPSA) is 46.6 Å². The number of carbonyl (C=O) groups excluding carboxylic acids is 2. The highest BCUT2D eigenvalue weighted by molar-refractivity contribution is 6.01. The predicted octanol–water partition coefficient (Wildman–Crippen LogP) is 3.15. The minimum atomic E-state index is -0.0679. The molecule has 0 unspecified atom stereocenters. The molecule has 2 atom stereocenters. The summed E-state index contributed by atoms with van der Waals surface area (Å²) in [6.07, 6.45) is 4.73. The minimum absolute atomic E-state index is 0.00391. The first-order valence-electron chi connectivity index (χ1n) is 8.29. The van der Waals surface area contributed by atoms with Gasteiger partial charge in [-0.05, 0) is 43.9 Å². The number of hydrogen-bond donors (Lipinski definition) is 0. The number of hydrogen-bond acceptors (Lipinski definition) is 3. The molecule has 2 rings (SSSR count). The van der Waals surface area contributed by atoms with Crippen LogP contribution in [0.4, 0.5) is 0 Å². The van der Waals surface area contributed by atoms with Crippen molar-refractivity contribution in [3.05, 3.63) is 0 Å². The van der Waals surface area contributed by atoms with Crippen molar-refractivity contribution in [2.24, 2.45) is 11.3 Å². The van der Waals surface area contributed by atoms with Crippen LogP contribution in [-0.2, 0) is 14.3 Å². The zero-order valence-corrected chi connectivity index (χ0v) is 13.9. The van der Waals surface area contributed by atoms with E-state index in [1.54, 1.807) is 0 Å². The summed E-state index contributed by atoms with van der Waals surface area (Å²) < 4.78 is 5.99. The van der Waals surface area contributed by atoms with Gasteiger partial charge in [0.05, 0.1) is 5.60 Å². The molecule has 4 nitrogen and oxygen atoms in total. The Morgan fingerprint density at radius 1 is 1.24 bits per heavy atom.